The van der Waals surface area contributed by atoms with Gasteiger partial charge in [0.25, 0.3) is 0 Å². The van der Waals surface area contributed by atoms with Gasteiger partial charge in [-0.1, -0.05) is 6.07 Å². The molecule has 0 aliphatic heterocycles. The predicted molar refractivity (Wildman–Crippen MR) is 80.3 cm³/mol. The number of nitrogens with zero attached hydrogens (tertiary/aromatic N) is 1. The highest BCUT2D eigenvalue weighted by atomic mass is 35.5. The van der Waals surface area contributed by atoms with E-state index in [0.29, 0.717) is 44.3 Å². The van der Waals surface area contributed by atoms with Gasteiger partial charge in [0.2, 0.25) is 5.90 Å². The first-order chi connectivity index (χ1) is 10.2. The van der Waals surface area contributed by atoms with Gasteiger partial charge in [-0.05, 0) is 19.1 Å². The second kappa shape index (κ2) is 10.3. The zero-order valence-electron chi connectivity index (χ0n) is 12.2. The molecule has 0 atom stereocenters. The van der Waals surface area contributed by atoms with Crippen molar-refractivity contribution in [2.75, 3.05) is 40.1 Å². The largest absolute Gasteiger partial charge is 0.504 e. The Labute approximate surface area is 129 Å². The first-order valence-electron chi connectivity index (χ1n) is 6.58. The molecule has 0 heterocycles. The van der Waals surface area contributed by atoms with Crippen LogP contribution in [0.2, 0.25) is 0 Å². The van der Waals surface area contributed by atoms with E-state index in [1.54, 1.807) is 32.2 Å². The Bertz CT molecular complexity index is 453. The minimum atomic E-state index is -0.0674. The number of ether oxygens (including phenoxy) is 4. The second-order valence-corrected chi connectivity index (χ2v) is 4.10. The lowest BCUT2D eigenvalue weighted by Crippen LogP contribution is -2.11. The molecule has 0 saturated carbocycles. The van der Waals surface area contributed by atoms with Gasteiger partial charge in [-0.15, -0.1) is 4.51 Å². The molecule has 21 heavy (non-hydrogen) atoms. The average molecular weight is 318 g/mol. The van der Waals surface area contributed by atoms with Gasteiger partial charge in [0.1, 0.15) is 6.61 Å². The fourth-order valence-electron chi connectivity index (χ4n) is 1.55. The Hall–Kier alpha value is -1.50. The van der Waals surface area contributed by atoms with Crippen LogP contribution in [0.5, 0.6) is 11.5 Å². The molecule has 6 nitrogen and oxygen atoms in total. The number of aromatic hydroxyl groups is 1. The summed E-state index contributed by atoms with van der Waals surface area (Å²) in [5, 5.41) is 10.2. The van der Waals surface area contributed by atoms with E-state index in [1.807, 2.05) is 0 Å². The first-order valence-corrected chi connectivity index (χ1v) is 6.92. The van der Waals surface area contributed by atoms with E-state index in [4.69, 9.17) is 30.7 Å². The summed E-state index contributed by atoms with van der Waals surface area (Å²) in [6, 6.07) is 5.01. The van der Waals surface area contributed by atoms with Crippen molar-refractivity contribution in [3.63, 3.8) is 0 Å². The SMILES string of the molecule is CCOC(=NCl)c1cccc(OCCOCCOC)c1O. The van der Waals surface area contributed by atoms with E-state index in [1.165, 1.54) is 0 Å². The number of benzene rings is 1. The van der Waals surface area contributed by atoms with Crippen molar-refractivity contribution in [3.8, 4) is 11.5 Å². The van der Waals surface area contributed by atoms with Crippen LogP contribution in [0.1, 0.15) is 12.5 Å². The molecule has 0 unspecified atom stereocenters. The Morgan fingerprint density at radius 2 is 2.00 bits per heavy atom. The molecule has 0 aromatic heterocycles. The average Bonchev–Trinajstić information content (AvgIpc) is 2.50. The van der Waals surface area contributed by atoms with Gasteiger partial charge in [0.05, 0.1) is 32.0 Å². The molecule has 0 saturated heterocycles. The molecule has 1 N–H and O–H groups in total. The lowest BCUT2D eigenvalue weighted by Gasteiger charge is -2.12. The van der Waals surface area contributed by atoms with Gasteiger partial charge in [-0.2, -0.15) is 0 Å². The van der Waals surface area contributed by atoms with Crippen LogP contribution in [0, 0.1) is 0 Å². The zero-order chi connectivity index (χ0) is 15.5. The highest BCUT2D eigenvalue weighted by Crippen LogP contribution is 2.30. The third kappa shape index (κ3) is 5.79. The van der Waals surface area contributed by atoms with Crippen molar-refractivity contribution in [1.29, 1.82) is 0 Å². The van der Waals surface area contributed by atoms with Crippen molar-refractivity contribution in [2.45, 2.75) is 6.92 Å². The summed E-state index contributed by atoms with van der Waals surface area (Å²) in [6.07, 6.45) is 0. The van der Waals surface area contributed by atoms with Crippen LogP contribution in [-0.4, -0.2) is 51.1 Å². The molecule has 118 valence electrons. The van der Waals surface area contributed by atoms with Crippen LogP contribution in [0.15, 0.2) is 22.7 Å². The monoisotopic (exact) mass is 317 g/mol. The molecule has 0 bridgehead atoms. The normalized spacial score (nSPS) is 11.5. The minimum Gasteiger partial charge on any atom is -0.504 e. The number of hydrogen-bond acceptors (Lipinski definition) is 6. The third-order valence-corrected chi connectivity index (χ3v) is 2.66. The number of halogens is 1. The van der Waals surface area contributed by atoms with Gasteiger partial charge >= 0.3 is 0 Å². The number of para-hydroxylation sites is 1. The highest BCUT2D eigenvalue weighted by Gasteiger charge is 2.14. The molecule has 0 spiro atoms. The van der Waals surface area contributed by atoms with E-state index >= 15 is 0 Å². The molecule has 0 radical (unpaired) electrons. The standard InChI is InChI=1S/C14H20ClNO5/c1-3-20-14(16-15)11-5-4-6-12(13(11)17)21-10-9-19-8-7-18-2/h4-6,17H,3,7-10H2,1-2H3. The zero-order valence-corrected chi connectivity index (χ0v) is 12.9. The molecule has 1 aromatic rings. The first kappa shape index (κ1) is 17.6. The lowest BCUT2D eigenvalue weighted by atomic mass is 10.2. The summed E-state index contributed by atoms with van der Waals surface area (Å²) in [7, 11) is 1.61. The summed E-state index contributed by atoms with van der Waals surface area (Å²) >= 11 is 5.46. The summed E-state index contributed by atoms with van der Waals surface area (Å²) in [6.45, 7) is 3.93. The number of rotatable bonds is 9. The fourth-order valence-corrected chi connectivity index (χ4v) is 1.69. The smallest absolute Gasteiger partial charge is 0.237 e. The van der Waals surface area contributed by atoms with Gasteiger partial charge in [-0.3, -0.25) is 0 Å². The van der Waals surface area contributed by atoms with E-state index < -0.39 is 0 Å². The Balaban J connectivity index is 2.60. The number of phenols is 1. The summed E-state index contributed by atoms with van der Waals surface area (Å²) in [4.78, 5) is 0. The van der Waals surface area contributed by atoms with Gasteiger partial charge < -0.3 is 24.1 Å². The van der Waals surface area contributed by atoms with Crippen LogP contribution in [0.25, 0.3) is 0 Å². The van der Waals surface area contributed by atoms with Crippen molar-refractivity contribution in [3.05, 3.63) is 23.8 Å². The molecule has 0 amide bonds. The van der Waals surface area contributed by atoms with Crippen molar-refractivity contribution in [1.82, 2.24) is 0 Å². The van der Waals surface area contributed by atoms with Crippen LogP contribution in [0.3, 0.4) is 0 Å². The quantitative estimate of drug-likeness (QED) is 0.430. The van der Waals surface area contributed by atoms with Crippen molar-refractivity contribution >= 4 is 17.7 Å². The molecular formula is C14H20ClNO5. The summed E-state index contributed by atoms with van der Waals surface area (Å²) in [5.74, 6) is 0.404. The lowest BCUT2D eigenvalue weighted by molar-refractivity contribution is 0.0540. The van der Waals surface area contributed by atoms with E-state index in [-0.39, 0.29) is 11.6 Å². The maximum absolute atomic E-state index is 10.2. The molecule has 0 aliphatic rings. The topological polar surface area (TPSA) is 69.5 Å². The molecule has 0 aliphatic carbocycles. The van der Waals surface area contributed by atoms with Crippen LogP contribution < -0.4 is 4.74 Å². The molecular weight excluding hydrogens is 298 g/mol. The third-order valence-electron chi connectivity index (χ3n) is 2.50. The van der Waals surface area contributed by atoms with E-state index in [0.717, 1.165) is 0 Å². The van der Waals surface area contributed by atoms with Crippen LogP contribution in [-0.2, 0) is 14.2 Å². The van der Waals surface area contributed by atoms with Gasteiger partial charge in [-0.25, -0.2) is 0 Å². The van der Waals surface area contributed by atoms with Crippen molar-refractivity contribution < 1.29 is 24.1 Å². The fraction of sp³-hybridized carbons (Fsp3) is 0.500. The molecule has 0 fully saturated rings. The maximum atomic E-state index is 10.2. The Morgan fingerprint density at radius 3 is 2.67 bits per heavy atom. The Kier molecular flexibility index (Phi) is 8.57. The van der Waals surface area contributed by atoms with Crippen molar-refractivity contribution in [2.24, 2.45) is 4.51 Å². The predicted octanol–water partition coefficient (Wildman–Crippen LogP) is 2.37. The molecule has 1 rings (SSSR count). The van der Waals surface area contributed by atoms with Gasteiger partial charge in [0.15, 0.2) is 11.5 Å². The van der Waals surface area contributed by atoms with Gasteiger partial charge in [0, 0.05) is 18.9 Å². The maximum Gasteiger partial charge on any atom is 0.237 e. The number of methoxy groups -OCH3 is 1. The Morgan fingerprint density at radius 1 is 1.24 bits per heavy atom. The number of hydrogen-bond donors (Lipinski definition) is 1. The van der Waals surface area contributed by atoms with Crippen LogP contribution in [0.4, 0.5) is 0 Å². The highest BCUT2D eigenvalue weighted by molar-refractivity contribution is 6.21. The van der Waals surface area contributed by atoms with E-state index in [9.17, 15) is 5.11 Å². The van der Waals surface area contributed by atoms with Crippen LogP contribution >= 0.6 is 11.8 Å². The number of phenolic OH excluding ortho intramolecular Hbond substituents is 1. The molecule has 1 aromatic carbocycles. The summed E-state index contributed by atoms with van der Waals surface area (Å²) < 4.78 is 24.3. The molecule has 7 heteroatoms. The van der Waals surface area contributed by atoms with E-state index in [2.05, 4.69) is 4.51 Å². The second-order valence-electron chi connectivity index (χ2n) is 3.93. The summed E-state index contributed by atoms with van der Waals surface area (Å²) in [5.41, 5.74) is 0.379. The minimum absolute atomic E-state index is 0.0674.